The van der Waals surface area contributed by atoms with Crippen LogP contribution in [-0.2, 0) is 0 Å². The first kappa shape index (κ1) is 12.6. The molecule has 2 N–H and O–H groups in total. The predicted octanol–water partition coefficient (Wildman–Crippen LogP) is 2.24. The van der Waals surface area contributed by atoms with Crippen LogP contribution in [0.25, 0.3) is 11.0 Å². The number of carbonyl (C=O) groups excluding carboxylic acids is 1. The number of fused-ring (bicyclic) bond motifs is 1. The zero-order valence-corrected chi connectivity index (χ0v) is 10.6. The third kappa shape index (κ3) is 2.71. The Labute approximate surface area is 106 Å². The predicted molar refractivity (Wildman–Crippen MR) is 69.6 cm³/mol. The first-order valence-electron chi connectivity index (χ1n) is 6.06. The molecule has 1 amide bonds. The molecule has 0 radical (unpaired) electrons. The summed E-state index contributed by atoms with van der Waals surface area (Å²) in [6, 6.07) is 7.48. The zero-order valence-electron chi connectivity index (χ0n) is 10.6. The molecule has 2 aromatic rings. The summed E-state index contributed by atoms with van der Waals surface area (Å²) in [6.45, 7) is 4.09. The summed E-state index contributed by atoms with van der Waals surface area (Å²) in [5.74, 6) is -0.0183. The van der Waals surface area contributed by atoms with Gasteiger partial charge in [0.25, 0.3) is 5.91 Å². The molecule has 1 aromatic carbocycles. The Balaban J connectivity index is 2.13. The molecule has 0 aliphatic heterocycles. The van der Waals surface area contributed by atoms with Crippen LogP contribution in [0.3, 0.4) is 0 Å². The lowest BCUT2D eigenvalue weighted by molar-refractivity contribution is 0.0889. The van der Waals surface area contributed by atoms with Crippen LogP contribution in [0.2, 0.25) is 0 Å². The quantitative estimate of drug-likeness (QED) is 0.871. The van der Waals surface area contributed by atoms with Gasteiger partial charge in [-0.15, -0.1) is 0 Å². The maximum absolute atomic E-state index is 11.8. The number of benzene rings is 1. The second-order valence-electron chi connectivity index (χ2n) is 4.42. The lowest BCUT2D eigenvalue weighted by atomic mass is 10.2. The monoisotopic (exact) mass is 247 g/mol. The molecule has 0 fully saturated rings. The summed E-state index contributed by atoms with van der Waals surface area (Å²) < 4.78 is 5.46. The topological polar surface area (TPSA) is 62.5 Å². The van der Waals surface area contributed by atoms with Gasteiger partial charge in [0, 0.05) is 11.9 Å². The molecule has 0 saturated heterocycles. The van der Waals surface area contributed by atoms with Crippen LogP contribution in [0.5, 0.6) is 0 Å². The van der Waals surface area contributed by atoms with Crippen molar-refractivity contribution >= 4 is 16.9 Å². The highest BCUT2D eigenvalue weighted by atomic mass is 16.3. The van der Waals surface area contributed by atoms with Crippen molar-refractivity contribution in [2.45, 2.75) is 26.4 Å². The molecular formula is C14H17NO3. The van der Waals surface area contributed by atoms with Crippen molar-refractivity contribution in [3.05, 3.63) is 35.6 Å². The average molecular weight is 247 g/mol. The van der Waals surface area contributed by atoms with Crippen LogP contribution in [0, 0.1) is 6.92 Å². The molecule has 0 saturated carbocycles. The van der Waals surface area contributed by atoms with Crippen LogP contribution < -0.4 is 5.32 Å². The van der Waals surface area contributed by atoms with E-state index >= 15 is 0 Å². The van der Waals surface area contributed by atoms with Gasteiger partial charge in [-0.05, 0) is 31.5 Å². The number of aryl methyl sites for hydroxylation is 1. The molecule has 1 aromatic heterocycles. The highest BCUT2D eigenvalue weighted by Crippen LogP contribution is 2.20. The van der Waals surface area contributed by atoms with Crippen molar-refractivity contribution in [3.63, 3.8) is 0 Å². The van der Waals surface area contributed by atoms with Gasteiger partial charge >= 0.3 is 0 Å². The molecule has 0 aliphatic rings. The van der Waals surface area contributed by atoms with Crippen molar-refractivity contribution in [2.24, 2.45) is 0 Å². The highest BCUT2D eigenvalue weighted by Gasteiger charge is 2.13. The molecule has 18 heavy (non-hydrogen) atoms. The molecule has 1 atom stereocenters. The molecule has 0 aliphatic carbocycles. The number of amides is 1. The molecule has 0 spiro atoms. The Bertz CT molecular complexity index is 559. The van der Waals surface area contributed by atoms with Crippen molar-refractivity contribution in [3.8, 4) is 0 Å². The Morgan fingerprint density at radius 1 is 1.44 bits per heavy atom. The maximum Gasteiger partial charge on any atom is 0.287 e. The third-order valence-electron chi connectivity index (χ3n) is 2.87. The molecule has 4 nitrogen and oxygen atoms in total. The Morgan fingerprint density at radius 3 is 2.94 bits per heavy atom. The van der Waals surface area contributed by atoms with Crippen LogP contribution in [-0.4, -0.2) is 23.7 Å². The van der Waals surface area contributed by atoms with Gasteiger partial charge < -0.3 is 14.8 Å². The van der Waals surface area contributed by atoms with E-state index < -0.39 is 6.10 Å². The van der Waals surface area contributed by atoms with E-state index in [9.17, 15) is 9.90 Å². The summed E-state index contributed by atoms with van der Waals surface area (Å²) >= 11 is 0. The minimum atomic E-state index is -0.513. The number of hydrogen-bond donors (Lipinski definition) is 2. The highest BCUT2D eigenvalue weighted by molar-refractivity contribution is 5.96. The van der Waals surface area contributed by atoms with E-state index in [1.807, 2.05) is 32.0 Å². The Morgan fingerprint density at radius 2 is 2.22 bits per heavy atom. The van der Waals surface area contributed by atoms with Gasteiger partial charge in [0.15, 0.2) is 5.76 Å². The SMILES string of the molecule is CCC(O)CNC(=O)c1cc2cc(C)ccc2o1. The number of rotatable bonds is 4. The van der Waals surface area contributed by atoms with E-state index in [2.05, 4.69) is 5.32 Å². The smallest absolute Gasteiger partial charge is 0.287 e. The van der Waals surface area contributed by atoms with Crippen LogP contribution in [0.4, 0.5) is 0 Å². The lowest BCUT2D eigenvalue weighted by Gasteiger charge is -2.07. The fourth-order valence-electron chi connectivity index (χ4n) is 1.72. The van der Waals surface area contributed by atoms with Gasteiger partial charge in [-0.2, -0.15) is 0 Å². The number of aliphatic hydroxyl groups is 1. The minimum Gasteiger partial charge on any atom is -0.451 e. The third-order valence-corrected chi connectivity index (χ3v) is 2.87. The molecule has 0 bridgehead atoms. The van der Waals surface area contributed by atoms with Crippen LogP contribution in [0.15, 0.2) is 28.7 Å². The number of nitrogens with one attached hydrogen (secondary N) is 1. The fourth-order valence-corrected chi connectivity index (χ4v) is 1.72. The zero-order chi connectivity index (χ0) is 13.1. The molecular weight excluding hydrogens is 230 g/mol. The van der Waals surface area contributed by atoms with Crippen molar-refractivity contribution < 1.29 is 14.3 Å². The summed E-state index contributed by atoms with van der Waals surface area (Å²) in [7, 11) is 0. The van der Waals surface area contributed by atoms with Gasteiger partial charge in [0.05, 0.1) is 6.10 Å². The van der Waals surface area contributed by atoms with Gasteiger partial charge in [-0.1, -0.05) is 18.6 Å². The molecule has 4 heteroatoms. The minimum absolute atomic E-state index is 0.241. The van der Waals surface area contributed by atoms with E-state index in [0.29, 0.717) is 12.0 Å². The maximum atomic E-state index is 11.8. The lowest BCUT2D eigenvalue weighted by Crippen LogP contribution is -2.31. The molecule has 96 valence electrons. The summed E-state index contributed by atoms with van der Waals surface area (Å²) in [4.78, 5) is 11.8. The van der Waals surface area contributed by atoms with E-state index in [1.165, 1.54) is 0 Å². The average Bonchev–Trinajstić information content (AvgIpc) is 2.78. The number of carbonyl (C=O) groups is 1. The van der Waals surface area contributed by atoms with Gasteiger partial charge in [0.2, 0.25) is 0 Å². The van der Waals surface area contributed by atoms with E-state index in [4.69, 9.17) is 4.42 Å². The molecule has 1 heterocycles. The van der Waals surface area contributed by atoms with Crippen LogP contribution in [0.1, 0.15) is 29.5 Å². The first-order valence-corrected chi connectivity index (χ1v) is 6.06. The first-order chi connectivity index (χ1) is 8.60. The Kier molecular flexibility index (Phi) is 3.67. The normalized spacial score (nSPS) is 12.6. The van der Waals surface area contributed by atoms with Crippen molar-refractivity contribution in [2.75, 3.05) is 6.54 Å². The fraction of sp³-hybridized carbons (Fsp3) is 0.357. The summed E-state index contributed by atoms with van der Waals surface area (Å²) in [6.07, 6.45) is 0.0974. The molecule has 2 rings (SSSR count). The number of furan rings is 1. The van der Waals surface area contributed by atoms with Crippen LogP contribution >= 0.6 is 0 Å². The second kappa shape index (κ2) is 5.23. The van der Waals surface area contributed by atoms with E-state index in [-0.39, 0.29) is 18.2 Å². The largest absolute Gasteiger partial charge is 0.451 e. The second-order valence-corrected chi connectivity index (χ2v) is 4.42. The molecule has 1 unspecified atom stereocenters. The van der Waals surface area contributed by atoms with Crippen molar-refractivity contribution in [1.29, 1.82) is 0 Å². The standard InChI is InChI=1S/C14H17NO3/c1-3-11(16)8-15-14(17)13-7-10-6-9(2)4-5-12(10)18-13/h4-7,11,16H,3,8H2,1-2H3,(H,15,17). The summed E-state index contributed by atoms with van der Waals surface area (Å²) in [5.41, 5.74) is 1.82. The number of hydrogen-bond acceptors (Lipinski definition) is 3. The van der Waals surface area contributed by atoms with E-state index in [1.54, 1.807) is 6.07 Å². The van der Waals surface area contributed by atoms with E-state index in [0.717, 1.165) is 10.9 Å². The van der Waals surface area contributed by atoms with Gasteiger partial charge in [0.1, 0.15) is 5.58 Å². The van der Waals surface area contributed by atoms with Gasteiger partial charge in [-0.25, -0.2) is 0 Å². The van der Waals surface area contributed by atoms with Gasteiger partial charge in [-0.3, -0.25) is 4.79 Å². The van der Waals surface area contributed by atoms with Crippen molar-refractivity contribution in [1.82, 2.24) is 5.32 Å². The summed E-state index contributed by atoms with van der Waals surface area (Å²) in [5, 5.41) is 12.9. The Hall–Kier alpha value is -1.81. The number of aliphatic hydroxyl groups excluding tert-OH is 1.